The third-order valence-electron chi connectivity index (χ3n) is 1.12. The van der Waals surface area contributed by atoms with Crippen LogP contribution in [0, 0.1) is 0 Å². The predicted octanol–water partition coefficient (Wildman–Crippen LogP) is 0.824. The molecule has 0 bridgehead atoms. The lowest BCUT2D eigenvalue weighted by Crippen LogP contribution is -2.39. The van der Waals surface area contributed by atoms with E-state index in [0.717, 1.165) is 0 Å². The van der Waals surface area contributed by atoms with Gasteiger partial charge in [-0.3, -0.25) is 4.79 Å². The Bertz CT molecular complexity index is 160. The number of rotatable bonds is 3. The molecule has 13 heavy (non-hydrogen) atoms. The summed E-state index contributed by atoms with van der Waals surface area (Å²) >= 11 is 0. The Morgan fingerprint density at radius 2 is 2.00 bits per heavy atom. The van der Waals surface area contributed by atoms with Gasteiger partial charge in [-0.05, 0) is 6.92 Å². The Hall–Kier alpha value is -0.490. The molecule has 1 amide bonds. The standard InChI is InChI=1S/C6H11F3N2O.ClH/c1-4(10)5(12)11-3-2-6(7,8)9;/h4H,2-3,10H2,1H3,(H,11,12);1H. The Kier molecular flexibility index (Phi) is 6.97. The Labute approximate surface area is 80.3 Å². The quantitative estimate of drug-likeness (QED) is 0.740. The smallest absolute Gasteiger partial charge is 0.354 e. The van der Waals surface area contributed by atoms with Crippen molar-refractivity contribution in [3.63, 3.8) is 0 Å². The minimum atomic E-state index is -4.23. The molecule has 0 fully saturated rings. The maximum Gasteiger partial charge on any atom is 0.390 e. The third-order valence-corrected chi connectivity index (χ3v) is 1.12. The Morgan fingerprint density at radius 3 is 2.31 bits per heavy atom. The van der Waals surface area contributed by atoms with E-state index in [1.807, 2.05) is 0 Å². The molecule has 0 aliphatic carbocycles. The van der Waals surface area contributed by atoms with Crippen LogP contribution < -0.4 is 11.1 Å². The highest BCUT2D eigenvalue weighted by atomic mass is 35.5. The average molecular weight is 221 g/mol. The van der Waals surface area contributed by atoms with E-state index in [1.165, 1.54) is 6.92 Å². The van der Waals surface area contributed by atoms with Gasteiger partial charge in [-0.15, -0.1) is 12.4 Å². The molecule has 0 aliphatic rings. The molecule has 0 aromatic heterocycles. The van der Waals surface area contributed by atoms with E-state index in [9.17, 15) is 18.0 Å². The number of hydrogen-bond donors (Lipinski definition) is 2. The second-order valence-electron chi connectivity index (χ2n) is 2.44. The zero-order valence-electron chi connectivity index (χ0n) is 7.02. The van der Waals surface area contributed by atoms with Crippen molar-refractivity contribution in [1.82, 2.24) is 5.32 Å². The van der Waals surface area contributed by atoms with E-state index in [-0.39, 0.29) is 12.4 Å². The first-order chi connectivity index (χ1) is 5.33. The first-order valence-corrected chi connectivity index (χ1v) is 3.43. The molecule has 3 nitrogen and oxygen atoms in total. The van der Waals surface area contributed by atoms with Crippen molar-refractivity contribution in [3.05, 3.63) is 0 Å². The van der Waals surface area contributed by atoms with Gasteiger partial charge in [-0.25, -0.2) is 0 Å². The molecule has 1 atom stereocenters. The number of alkyl halides is 3. The molecule has 0 saturated carbocycles. The molecule has 0 rings (SSSR count). The number of halogens is 4. The van der Waals surface area contributed by atoms with Crippen LogP contribution in [0.1, 0.15) is 13.3 Å². The van der Waals surface area contributed by atoms with Crippen molar-refractivity contribution >= 4 is 18.3 Å². The summed E-state index contributed by atoms with van der Waals surface area (Å²) in [4.78, 5) is 10.6. The van der Waals surface area contributed by atoms with Gasteiger partial charge in [0, 0.05) is 6.54 Å². The Morgan fingerprint density at radius 1 is 1.54 bits per heavy atom. The molecule has 0 heterocycles. The number of carbonyl (C=O) groups is 1. The van der Waals surface area contributed by atoms with Gasteiger partial charge in [0.1, 0.15) is 0 Å². The molecule has 3 N–H and O–H groups in total. The minimum Gasteiger partial charge on any atom is -0.354 e. The Balaban J connectivity index is 0. The molecule has 7 heteroatoms. The molecule has 0 aliphatic heterocycles. The van der Waals surface area contributed by atoms with Crippen LogP contribution in [0.3, 0.4) is 0 Å². The lowest BCUT2D eigenvalue weighted by Gasteiger charge is -2.09. The van der Waals surface area contributed by atoms with Gasteiger partial charge in [0.2, 0.25) is 5.91 Å². The van der Waals surface area contributed by atoms with E-state index >= 15 is 0 Å². The van der Waals surface area contributed by atoms with Gasteiger partial charge in [-0.1, -0.05) is 0 Å². The SMILES string of the molecule is CC(N)C(=O)NCCC(F)(F)F.Cl. The van der Waals surface area contributed by atoms with E-state index < -0.39 is 31.1 Å². The zero-order valence-corrected chi connectivity index (χ0v) is 7.84. The lowest BCUT2D eigenvalue weighted by atomic mass is 10.3. The van der Waals surface area contributed by atoms with Crippen molar-refractivity contribution in [2.45, 2.75) is 25.6 Å². The molecule has 0 spiro atoms. The van der Waals surface area contributed by atoms with E-state index in [1.54, 1.807) is 0 Å². The third kappa shape index (κ3) is 9.42. The number of nitrogens with two attached hydrogens (primary N) is 1. The summed E-state index contributed by atoms with van der Waals surface area (Å²) in [6, 6.07) is -0.766. The topological polar surface area (TPSA) is 55.1 Å². The van der Waals surface area contributed by atoms with Crippen LogP contribution in [-0.2, 0) is 4.79 Å². The van der Waals surface area contributed by atoms with Crippen molar-refractivity contribution in [2.75, 3.05) is 6.54 Å². The molecule has 1 unspecified atom stereocenters. The monoisotopic (exact) mass is 220 g/mol. The first-order valence-electron chi connectivity index (χ1n) is 3.43. The second-order valence-corrected chi connectivity index (χ2v) is 2.44. The number of carbonyl (C=O) groups excluding carboxylic acids is 1. The fourth-order valence-corrected chi connectivity index (χ4v) is 0.488. The normalized spacial score (nSPS) is 13.0. The molecule has 0 saturated heterocycles. The fourth-order valence-electron chi connectivity index (χ4n) is 0.488. The van der Waals surface area contributed by atoms with Crippen molar-refractivity contribution in [2.24, 2.45) is 5.73 Å². The second kappa shape index (κ2) is 6.04. The summed E-state index contributed by atoms with van der Waals surface area (Å²) in [7, 11) is 0. The van der Waals surface area contributed by atoms with Gasteiger partial charge in [0.05, 0.1) is 12.5 Å². The van der Waals surface area contributed by atoms with Crippen LogP contribution in [0.4, 0.5) is 13.2 Å². The van der Waals surface area contributed by atoms with Crippen LogP contribution in [0.15, 0.2) is 0 Å². The number of amides is 1. The molecular weight excluding hydrogens is 209 g/mol. The van der Waals surface area contributed by atoms with Crippen molar-refractivity contribution < 1.29 is 18.0 Å². The van der Waals surface area contributed by atoms with Crippen LogP contribution in [0.5, 0.6) is 0 Å². The van der Waals surface area contributed by atoms with Gasteiger partial charge in [-0.2, -0.15) is 13.2 Å². The molecular formula is C6H12ClF3N2O. The van der Waals surface area contributed by atoms with Crippen molar-refractivity contribution in [3.8, 4) is 0 Å². The molecule has 0 aromatic rings. The zero-order chi connectivity index (χ0) is 9.78. The summed E-state index contributed by atoms with van der Waals surface area (Å²) in [6.07, 6.45) is -5.25. The van der Waals surface area contributed by atoms with Gasteiger partial charge >= 0.3 is 6.18 Å². The highest BCUT2D eigenvalue weighted by Crippen LogP contribution is 2.17. The summed E-state index contributed by atoms with van der Waals surface area (Å²) in [6.45, 7) is 0.993. The average Bonchev–Trinajstić information content (AvgIpc) is 1.84. The van der Waals surface area contributed by atoms with E-state index in [0.29, 0.717) is 0 Å². The van der Waals surface area contributed by atoms with Crippen LogP contribution in [0.25, 0.3) is 0 Å². The summed E-state index contributed by atoms with van der Waals surface area (Å²) in [5.74, 6) is -0.570. The lowest BCUT2D eigenvalue weighted by molar-refractivity contribution is -0.135. The van der Waals surface area contributed by atoms with Crippen LogP contribution in [0.2, 0.25) is 0 Å². The van der Waals surface area contributed by atoms with E-state index in [4.69, 9.17) is 5.73 Å². The van der Waals surface area contributed by atoms with Crippen molar-refractivity contribution in [1.29, 1.82) is 0 Å². The van der Waals surface area contributed by atoms with Gasteiger partial charge in [0.25, 0.3) is 0 Å². The van der Waals surface area contributed by atoms with Gasteiger partial charge < -0.3 is 11.1 Å². The fraction of sp³-hybridized carbons (Fsp3) is 0.833. The highest BCUT2D eigenvalue weighted by Gasteiger charge is 2.26. The molecule has 0 aromatic carbocycles. The summed E-state index contributed by atoms with van der Waals surface area (Å²) in [5.41, 5.74) is 5.09. The number of nitrogens with one attached hydrogen (secondary N) is 1. The minimum absolute atomic E-state index is 0. The number of hydrogen-bond acceptors (Lipinski definition) is 2. The maximum absolute atomic E-state index is 11.5. The van der Waals surface area contributed by atoms with E-state index in [2.05, 4.69) is 5.32 Å². The summed E-state index contributed by atoms with van der Waals surface area (Å²) in [5, 5.41) is 2.05. The molecule has 0 radical (unpaired) electrons. The van der Waals surface area contributed by atoms with Gasteiger partial charge in [0.15, 0.2) is 0 Å². The van der Waals surface area contributed by atoms with Crippen LogP contribution in [-0.4, -0.2) is 24.7 Å². The first kappa shape index (κ1) is 15.0. The maximum atomic E-state index is 11.5. The predicted molar refractivity (Wildman–Crippen MR) is 44.6 cm³/mol. The highest BCUT2D eigenvalue weighted by molar-refractivity contribution is 5.85. The van der Waals surface area contributed by atoms with Crippen LogP contribution >= 0.6 is 12.4 Å². The molecule has 80 valence electrons. The largest absolute Gasteiger partial charge is 0.390 e. The summed E-state index contributed by atoms with van der Waals surface area (Å²) < 4.78 is 34.6.